The van der Waals surface area contributed by atoms with Crippen LogP contribution >= 0.6 is 0 Å². The lowest BCUT2D eigenvalue weighted by Gasteiger charge is -2.32. The minimum absolute atomic E-state index is 0.120. The van der Waals surface area contributed by atoms with Gasteiger partial charge < -0.3 is 9.84 Å². The monoisotopic (exact) mass is 289 g/mol. The first-order chi connectivity index (χ1) is 9.89. The van der Waals surface area contributed by atoms with Gasteiger partial charge in [0.25, 0.3) is 0 Å². The van der Waals surface area contributed by atoms with Gasteiger partial charge in [0.15, 0.2) is 0 Å². The molecule has 0 unspecified atom stereocenters. The fraction of sp³-hybridized carbons (Fsp3) is 0.375. The van der Waals surface area contributed by atoms with Crippen LogP contribution in [-0.2, 0) is 9.53 Å². The quantitative estimate of drug-likeness (QED) is 0.864. The lowest BCUT2D eigenvalue weighted by molar-refractivity contribution is -0.142. The molecule has 0 aliphatic carbocycles. The number of nitrogens with zero attached hydrogens (tertiary/aromatic N) is 1. The number of hydrogen-bond acceptors (Lipinski definition) is 4. The number of rotatable bonds is 4. The summed E-state index contributed by atoms with van der Waals surface area (Å²) in [4.78, 5) is 25.7. The summed E-state index contributed by atoms with van der Waals surface area (Å²) in [7, 11) is 0. The van der Waals surface area contributed by atoms with E-state index < -0.39 is 29.6 Å². The van der Waals surface area contributed by atoms with Crippen molar-refractivity contribution in [3.63, 3.8) is 0 Å². The lowest BCUT2D eigenvalue weighted by atomic mass is 9.84. The summed E-state index contributed by atoms with van der Waals surface area (Å²) in [6.07, 6.45) is -0.440. The Morgan fingerprint density at radius 2 is 2.10 bits per heavy atom. The average Bonchev–Trinajstić information content (AvgIpc) is 2.87. The Morgan fingerprint density at radius 1 is 1.48 bits per heavy atom. The van der Waals surface area contributed by atoms with Crippen LogP contribution in [0, 0.1) is 5.41 Å². The maximum absolute atomic E-state index is 12.7. The first kappa shape index (κ1) is 15.3. The van der Waals surface area contributed by atoms with E-state index in [4.69, 9.17) is 4.74 Å². The maximum Gasteiger partial charge on any atom is 0.417 e. The van der Waals surface area contributed by atoms with Gasteiger partial charge in [-0.3, -0.25) is 4.79 Å². The predicted molar refractivity (Wildman–Crippen MR) is 77.4 cm³/mol. The predicted octanol–water partition coefficient (Wildman–Crippen LogP) is 2.28. The molecule has 21 heavy (non-hydrogen) atoms. The van der Waals surface area contributed by atoms with E-state index in [2.05, 4.69) is 6.58 Å². The highest BCUT2D eigenvalue weighted by Crippen LogP contribution is 2.34. The molecule has 0 radical (unpaired) electrons. The van der Waals surface area contributed by atoms with Gasteiger partial charge in [-0.1, -0.05) is 36.4 Å². The van der Waals surface area contributed by atoms with E-state index in [0.29, 0.717) is 0 Å². The normalized spacial score (nSPS) is 20.0. The first-order valence-electron chi connectivity index (χ1n) is 6.75. The molecular formula is C16H19NO4. The number of imide groups is 1. The number of benzene rings is 1. The third-order valence-electron chi connectivity index (χ3n) is 3.79. The number of hydrogen-bond donors (Lipinski definition) is 1. The average molecular weight is 289 g/mol. The molecule has 0 spiro atoms. The molecule has 5 nitrogen and oxygen atoms in total. The molecule has 0 bridgehead atoms. The molecular weight excluding hydrogens is 270 g/mol. The van der Waals surface area contributed by atoms with Crippen LogP contribution in [0.3, 0.4) is 0 Å². The van der Waals surface area contributed by atoms with Crippen molar-refractivity contribution < 1.29 is 19.4 Å². The Kier molecular flexibility index (Phi) is 4.14. The van der Waals surface area contributed by atoms with E-state index in [-0.39, 0.29) is 6.61 Å². The summed E-state index contributed by atoms with van der Waals surface area (Å²) in [5.41, 5.74) is -0.335. The second kappa shape index (κ2) is 5.69. The van der Waals surface area contributed by atoms with E-state index in [1.165, 1.54) is 6.08 Å². The molecule has 1 saturated heterocycles. The van der Waals surface area contributed by atoms with Crippen molar-refractivity contribution in [2.45, 2.75) is 26.0 Å². The van der Waals surface area contributed by atoms with Crippen LogP contribution in [0.25, 0.3) is 0 Å². The Balaban J connectivity index is 2.33. The fourth-order valence-electron chi connectivity index (χ4n) is 2.30. The zero-order valence-corrected chi connectivity index (χ0v) is 12.2. The minimum Gasteiger partial charge on any atom is -0.446 e. The Hall–Kier alpha value is -2.14. The molecule has 1 N–H and O–H groups in total. The topological polar surface area (TPSA) is 66.8 Å². The van der Waals surface area contributed by atoms with Crippen molar-refractivity contribution in [1.82, 2.24) is 4.90 Å². The van der Waals surface area contributed by atoms with Crippen molar-refractivity contribution in [2.75, 3.05) is 6.61 Å². The van der Waals surface area contributed by atoms with Crippen LogP contribution in [0.5, 0.6) is 0 Å². The third kappa shape index (κ3) is 2.69. The summed E-state index contributed by atoms with van der Waals surface area (Å²) < 4.78 is 5.02. The summed E-state index contributed by atoms with van der Waals surface area (Å²) in [6, 6.07) is 8.74. The SMILES string of the molecule is C=C[C@@H](O)C(C)(C)C(=O)N1C(=O)OC[C@@H]1c1ccccc1. The Labute approximate surface area is 123 Å². The van der Waals surface area contributed by atoms with E-state index in [0.717, 1.165) is 10.5 Å². The molecule has 112 valence electrons. The summed E-state index contributed by atoms with van der Waals surface area (Å²) in [6.45, 7) is 6.77. The largest absolute Gasteiger partial charge is 0.446 e. The fourth-order valence-corrected chi connectivity index (χ4v) is 2.30. The number of cyclic esters (lactones) is 1. The van der Waals surface area contributed by atoms with Crippen LogP contribution in [-0.4, -0.2) is 34.7 Å². The number of carbonyl (C=O) groups excluding carboxylic acids is 2. The minimum atomic E-state index is -1.15. The number of carbonyl (C=O) groups is 2. The van der Waals surface area contributed by atoms with Gasteiger partial charge in [0.2, 0.25) is 5.91 Å². The lowest BCUT2D eigenvalue weighted by Crippen LogP contribution is -2.47. The van der Waals surface area contributed by atoms with Crippen molar-refractivity contribution in [2.24, 2.45) is 5.41 Å². The first-order valence-corrected chi connectivity index (χ1v) is 6.75. The zero-order valence-electron chi connectivity index (χ0n) is 12.2. The van der Waals surface area contributed by atoms with Crippen molar-refractivity contribution in [1.29, 1.82) is 0 Å². The maximum atomic E-state index is 12.7. The van der Waals surface area contributed by atoms with Gasteiger partial charge in [0.1, 0.15) is 12.6 Å². The van der Waals surface area contributed by atoms with Crippen LogP contribution in [0.1, 0.15) is 25.5 Å². The molecule has 2 rings (SSSR count). The zero-order chi connectivity index (χ0) is 15.6. The van der Waals surface area contributed by atoms with Gasteiger partial charge in [0, 0.05) is 0 Å². The van der Waals surface area contributed by atoms with Crippen LogP contribution in [0.15, 0.2) is 43.0 Å². The second-order valence-electron chi connectivity index (χ2n) is 5.58. The second-order valence-corrected chi connectivity index (χ2v) is 5.58. The van der Waals surface area contributed by atoms with E-state index in [9.17, 15) is 14.7 Å². The van der Waals surface area contributed by atoms with Gasteiger partial charge in [-0.2, -0.15) is 0 Å². The number of amides is 2. The molecule has 0 aromatic heterocycles. The highest BCUT2D eigenvalue weighted by atomic mass is 16.6. The van der Waals surface area contributed by atoms with E-state index in [1.54, 1.807) is 13.8 Å². The Morgan fingerprint density at radius 3 is 2.67 bits per heavy atom. The molecule has 1 aliphatic heterocycles. The van der Waals surface area contributed by atoms with E-state index in [1.807, 2.05) is 30.3 Å². The van der Waals surface area contributed by atoms with Gasteiger partial charge in [-0.15, -0.1) is 6.58 Å². The van der Waals surface area contributed by atoms with Crippen molar-refractivity contribution in [3.8, 4) is 0 Å². The van der Waals surface area contributed by atoms with Crippen molar-refractivity contribution in [3.05, 3.63) is 48.6 Å². The van der Waals surface area contributed by atoms with Gasteiger partial charge >= 0.3 is 6.09 Å². The van der Waals surface area contributed by atoms with Gasteiger partial charge in [-0.05, 0) is 19.4 Å². The molecule has 1 fully saturated rings. The number of ether oxygens (including phenoxy) is 1. The third-order valence-corrected chi connectivity index (χ3v) is 3.79. The molecule has 2 atom stereocenters. The Bertz CT molecular complexity index is 553. The molecule has 1 aromatic carbocycles. The summed E-state index contributed by atoms with van der Waals surface area (Å²) in [5, 5.41) is 9.94. The summed E-state index contributed by atoms with van der Waals surface area (Å²) in [5.74, 6) is -0.480. The summed E-state index contributed by atoms with van der Waals surface area (Å²) >= 11 is 0. The van der Waals surface area contributed by atoms with Crippen LogP contribution < -0.4 is 0 Å². The number of aliphatic hydroxyl groups excluding tert-OH is 1. The van der Waals surface area contributed by atoms with Crippen molar-refractivity contribution >= 4 is 12.0 Å². The van der Waals surface area contributed by atoms with Crippen LogP contribution in [0.2, 0.25) is 0 Å². The molecule has 2 amide bonds. The standard InChI is InChI=1S/C16H19NO4/c1-4-13(18)16(2,3)14(19)17-12(10-21-15(17)20)11-8-6-5-7-9-11/h4-9,12-13,18H,1,10H2,2-3H3/t12-,13-/m1/s1. The molecule has 1 aliphatic rings. The molecule has 5 heteroatoms. The highest BCUT2D eigenvalue weighted by molar-refractivity contribution is 5.97. The number of aliphatic hydroxyl groups is 1. The van der Waals surface area contributed by atoms with E-state index >= 15 is 0 Å². The van der Waals surface area contributed by atoms with Crippen LogP contribution in [0.4, 0.5) is 4.79 Å². The smallest absolute Gasteiger partial charge is 0.417 e. The molecule has 0 saturated carbocycles. The highest BCUT2D eigenvalue weighted by Gasteiger charge is 2.46. The van der Waals surface area contributed by atoms with Gasteiger partial charge in [-0.25, -0.2) is 9.69 Å². The van der Waals surface area contributed by atoms with Gasteiger partial charge in [0.05, 0.1) is 11.5 Å². The molecule has 1 aromatic rings. The molecule has 1 heterocycles.